The third-order valence-corrected chi connectivity index (χ3v) is 7.28. The Bertz CT molecular complexity index is 1400. The van der Waals surface area contributed by atoms with Gasteiger partial charge in [-0.15, -0.1) is 0 Å². The number of nitrogens with one attached hydrogen (secondary N) is 2. The Kier molecular flexibility index (Phi) is 7.23. The predicted octanol–water partition coefficient (Wildman–Crippen LogP) is 3.96. The Balaban J connectivity index is 1.48. The normalized spacial score (nSPS) is 19.5. The first kappa shape index (κ1) is 26.9. The molecule has 3 aromatic rings. The van der Waals surface area contributed by atoms with Crippen molar-refractivity contribution in [2.75, 3.05) is 33.4 Å². The van der Waals surface area contributed by atoms with Crippen molar-refractivity contribution >= 4 is 22.8 Å². The van der Waals surface area contributed by atoms with Gasteiger partial charge in [0.05, 0.1) is 29.3 Å². The van der Waals surface area contributed by atoms with E-state index >= 15 is 0 Å². The number of alkyl halides is 3. The minimum absolute atomic E-state index is 0.0155. The van der Waals surface area contributed by atoms with Crippen LogP contribution in [0.5, 0.6) is 5.75 Å². The molecule has 9 nitrogen and oxygen atoms in total. The lowest BCUT2D eigenvalue weighted by molar-refractivity contribution is -0.137. The number of rotatable bonds is 8. The molecule has 39 heavy (non-hydrogen) atoms. The fourth-order valence-corrected chi connectivity index (χ4v) is 4.93. The molecule has 0 bridgehead atoms. The molecule has 1 aliphatic carbocycles. The van der Waals surface area contributed by atoms with E-state index in [0.717, 1.165) is 25.0 Å². The predicted molar refractivity (Wildman–Crippen MR) is 136 cm³/mol. The minimum atomic E-state index is -4.55. The summed E-state index contributed by atoms with van der Waals surface area (Å²) in [7, 11) is 1.45. The van der Waals surface area contributed by atoms with E-state index in [4.69, 9.17) is 9.47 Å². The SMILES string of the molecule is COCC(=O)N1C[C@H](C)[C@H](NC(=O)c2c(C)[nH]c3c(-c4cc(C(F)(F)F)ccc4OCC4CC4)ncnc23)C1. The van der Waals surface area contributed by atoms with Gasteiger partial charge in [0.15, 0.2) is 0 Å². The lowest BCUT2D eigenvalue weighted by Gasteiger charge is -2.17. The van der Waals surface area contributed by atoms with Crippen molar-refractivity contribution in [1.29, 1.82) is 0 Å². The van der Waals surface area contributed by atoms with Gasteiger partial charge in [-0.2, -0.15) is 13.2 Å². The number of benzene rings is 1. The highest BCUT2D eigenvalue weighted by Crippen LogP contribution is 2.40. The number of likely N-dealkylation sites (tertiary alicyclic amines) is 1. The number of hydrogen-bond donors (Lipinski definition) is 2. The second-order valence-corrected chi connectivity index (χ2v) is 10.3. The lowest BCUT2D eigenvalue weighted by atomic mass is 10.0. The molecule has 1 saturated carbocycles. The molecule has 0 unspecified atom stereocenters. The molecule has 12 heteroatoms. The molecule has 2 aliphatic rings. The summed E-state index contributed by atoms with van der Waals surface area (Å²) in [4.78, 5) is 39.0. The molecule has 0 spiro atoms. The number of halogens is 3. The third-order valence-electron chi connectivity index (χ3n) is 7.28. The molecule has 208 valence electrons. The number of fused-ring (bicyclic) bond motifs is 1. The number of ether oxygens (including phenoxy) is 2. The summed E-state index contributed by atoms with van der Waals surface area (Å²) >= 11 is 0. The number of hydrogen-bond acceptors (Lipinski definition) is 6. The molecule has 2 fully saturated rings. The van der Waals surface area contributed by atoms with E-state index in [-0.39, 0.29) is 47.0 Å². The number of aromatic nitrogens is 3. The van der Waals surface area contributed by atoms with Crippen molar-refractivity contribution in [2.45, 2.75) is 38.9 Å². The highest BCUT2D eigenvalue weighted by Gasteiger charge is 2.35. The third kappa shape index (κ3) is 5.56. The van der Waals surface area contributed by atoms with E-state index in [1.54, 1.807) is 11.8 Å². The first-order chi connectivity index (χ1) is 18.6. The zero-order chi connectivity index (χ0) is 27.9. The smallest absolute Gasteiger partial charge is 0.416 e. The first-order valence-electron chi connectivity index (χ1n) is 12.8. The second-order valence-electron chi connectivity index (χ2n) is 10.3. The highest BCUT2D eigenvalue weighted by molar-refractivity contribution is 6.09. The number of carbonyl (C=O) groups excluding carboxylic acids is 2. The number of aromatic amines is 1. The first-order valence-corrected chi connectivity index (χ1v) is 12.8. The number of nitrogens with zero attached hydrogens (tertiary/aromatic N) is 3. The Labute approximate surface area is 223 Å². The molecular weight excluding hydrogens is 515 g/mol. The Hall–Kier alpha value is -3.67. The van der Waals surface area contributed by atoms with Crippen molar-refractivity contribution < 1.29 is 32.2 Å². The zero-order valence-corrected chi connectivity index (χ0v) is 21.9. The van der Waals surface area contributed by atoms with E-state index < -0.39 is 17.6 Å². The Morgan fingerprint density at radius 1 is 1.21 bits per heavy atom. The number of amides is 2. The number of aryl methyl sites for hydroxylation is 1. The topological polar surface area (TPSA) is 109 Å². The van der Waals surface area contributed by atoms with Gasteiger partial charge < -0.3 is 24.7 Å². The van der Waals surface area contributed by atoms with Gasteiger partial charge in [-0.05, 0) is 49.8 Å². The molecule has 5 rings (SSSR count). The van der Waals surface area contributed by atoms with Crippen LogP contribution >= 0.6 is 0 Å². The van der Waals surface area contributed by atoms with Crippen molar-refractivity contribution in [3.8, 4) is 17.0 Å². The van der Waals surface area contributed by atoms with E-state index in [9.17, 15) is 22.8 Å². The number of H-pyrrole nitrogens is 1. The molecule has 2 N–H and O–H groups in total. The molecule has 1 saturated heterocycles. The molecule has 1 aromatic carbocycles. The highest BCUT2D eigenvalue weighted by atomic mass is 19.4. The van der Waals surface area contributed by atoms with Crippen molar-refractivity contribution in [1.82, 2.24) is 25.2 Å². The molecule has 1 aliphatic heterocycles. The summed E-state index contributed by atoms with van der Waals surface area (Å²) in [5.74, 6) is 0.154. The number of methoxy groups -OCH3 is 1. The van der Waals surface area contributed by atoms with Gasteiger partial charge in [-0.25, -0.2) is 9.97 Å². The maximum Gasteiger partial charge on any atom is 0.416 e. The van der Waals surface area contributed by atoms with Crippen LogP contribution in [-0.2, 0) is 15.7 Å². The van der Waals surface area contributed by atoms with Gasteiger partial charge in [0, 0.05) is 31.5 Å². The van der Waals surface area contributed by atoms with Crippen molar-refractivity contribution in [3.05, 3.63) is 41.3 Å². The summed E-state index contributed by atoms with van der Waals surface area (Å²) < 4.78 is 51.7. The standard InChI is InChI=1S/C27H30F3N5O4/c1-14-9-35(21(36)12-38-3)10-19(14)34-26(37)22-15(2)33-25-23(31-13-32-24(22)25)18-8-17(27(28,29)30)6-7-20(18)39-11-16-4-5-16/h6-8,13-14,16,19,33H,4-5,9-12H2,1-3H3,(H,34,37)/t14-,19+/m0/s1. The average molecular weight is 546 g/mol. The van der Waals surface area contributed by atoms with E-state index in [1.807, 2.05) is 6.92 Å². The maximum atomic E-state index is 13.6. The van der Waals surface area contributed by atoms with Crippen LogP contribution in [0.4, 0.5) is 13.2 Å². The van der Waals surface area contributed by atoms with Crippen molar-refractivity contribution in [2.24, 2.45) is 11.8 Å². The van der Waals surface area contributed by atoms with E-state index in [2.05, 4.69) is 20.3 Å². The summed E-state index contributed by atoms with van der Waals surface area (Å²) in [5, 5.41) is 3.00. The quantitative estimate of drug-likeness (QED) is 0.444. The van der Waals surface area contributed by atoms with Gasteiger partial charge in [0.25, 0.3) is 5.91 Å². The average Bonchev–Trinajstić information content (AvgIpc) is 3.55. The Morgan fingerprint density at radius 2 is 1.97 bits per heavy atom. The largest absolute Gasteiger partial charge is 0.493 e. The Morgan fingerprint density at radius 3 is 2.67 bits per heavy atom. The summed E-state index contributed by atoms with van der Waals surface area (Å²) in [6.07, 6.45) is -1.26. The molecule has 0 radical (unpaired) electrons. The second kappa shape index (κ2) is 10.5. The number of carbonyl (C=O) groups is 2. The van der Waals surface area contributed by atoms with Gasteiger partial charge >= 0.3 is 6.18 Å². The van der Waals surface area contributed by atoms with Crippen LogP contribution in [0.15, 0.2) is 24.5 Å². The van der Waals surface area contributed by atoms with Crippen LogP contribution in [0.2, 0.25) is 0 Å². The molecular formula is C27H30F3N5O4. The van der Waals surface area contributed by atoms with E-state index in [1.165, 1.54) is 19.5 Å². The summed E-state index contributed by atoms with van der Waals surface area (Å²) in [6, 6.07) is 3.04. The van der Waals surface area contributed by atoms with Crippen LogP contribution in [0, 0.1) is 18.8 Å². The van der Waals surface area contributed by atoms with Crippen LogP contribution in [0.25, 0.3) is 22.3 Å². The molecule has 2 atom stereocenters. The van der Waals surface area contributed by atoms with Crippen LogP contribution in [0.3, 0.4) is 0 Å². The monoisotopic (exact) mass is 545 g/mol. The van der Waals surface area contributed by atoms with Gasteiger partial charge in [0.1, 0.15) is 29.9 Å². The fraction of sp³-hybridized carbons (Fsp3) is 0.481. The molecule has 2 aromatic heterocycles. The van der Waals surface area contributed by atoms with Crippen molar-refractivity contribution in [3.63, 3.8) is 0 Å². The maximum absolute atomic E-state index is 13.6. The molecule has 3 heterocycles. The summed E-state index contributed by atoms with van der Waals surface area (Å²) in [5.41, 5.74) is 0.953. The molecule has 2 amide bonds. The van der Waals surface area contributed by atoms with E-state index in [0.29, 0.717) is 42.3 Å². The van der Waals surface area contributed by atoms with Crippen LogP contribution < -0.4 is 10.1 Å². The van der Waals surface area contributed by atoms with Gasteiger partial charge in [-0.1, -0.05) is 6.92 Å². The zero-order valence-electron chi connectivity index (χ0n) is 21.9. The van der Waals surface area contributed by atoms with Crippen LogP contribution in [-0.4, -0.2) is 71.1 Å². The fourth-order valence-electron chi connectivity index (χ4n) is 4.93. The van der Waals surface area contributed by atoms with Gasteiger partial charge in [-0.3, -0.25) is 9.59 Å². The lowest BCUT2D eigenvalue weighted by Crippen LogP contribution is -2.41. The van der Waals surface area contributed by atoms with Gasteiger partial charge in [0.2, 0.25) is 5.91 Å². The minimum Gasteiger partial charge on any atom is -0.493 e. The summed E-state index contributed by atoms with van der Waals surface area (Å²) in [6.45, 7) is 4.87. The van der Waals surface area contributed by atoms with Crippen LogP contribution in [0.1, 0.15) is 41.4 Å².